The summed E-state index contributed by atoms with van der Waals surface area (Å²) in [6.07, 6.45) is 1.73. The van der Waals surface area contributed by atoms with Crippen molar-refractivity contribution in [3.63, 3.8) is 0 Å². The predicted molar refractivity (Wildman–Crippen MR) is 97.5 cm³/mol. The van der Waals surface area contributed by atoms with Crippen molar-refractivity contribution in [1.29, 1.82) is 0 Å². The second-order valence-electron chi connectivity index (χ2n) is 6.59. The lowest BCUT2D eigenvalue weighted by Crippen LogP contribution is -2.37. The number of aliphatic carboxylic acids is 1. The zero-order valence-corrected chi connectivity index (χ0v) is 14.4. The van der Waals surface area contributed by atoms with Gasteiger partial charge in [-0.3, -0.25) is 14.2 Å². The summed E-state index contributed by atoms with van der Waals surface area (Å²) in [4.78, 5) is 29.9. The molecule has 1 fully saturated rings. The first-order valence-corrected chi connectivity index (χ1v) is 8.62. The van der Waals surface area contributed by atoms with Gasteiger partial charge in [0.25, 0.3) is 5.91 Å². The van der Waals surface area contributed by atoms with E-state index in [0.717, 1.165) is 35.4 Å². The van der Waals surface area contributed by atoms with Crippen molar-refractivity contribution < 1.29 is 14.7 Å². The van der Waals surface area contributed by atoms with Gasteiger partial charge >= 0.3 is 5.97 Å². The molecule has 1 aliphatic rings. The van der Waals surface area contributed by atoms with Gasteiger partial charge in [0.15, 0.2) is 0 Å². The highest BCUT2D eigenvalue weighted by molar-refractivity contribution is 5.99. The molecule has 26 heavy (non-hydrogen) atoms. The van der Waals surface area contributed by atoms with Crippen molar-refractivity contribution in [2.75, 3.05) is 6.54 Å². The van der Waals surface area contributed by atoms with Crippen LogP contribution in [0.5, 0.6) is 0 Å². The molecule has 3 aromatic rings. The van der Waals surface area contributed by atoms with E-state index in [0.29, 0.717) is 5.56 Å². The number of nitrogens with zero attached hydrogens (tertiary/aromatic N) is 3. The molecule has 0 radical (unpaired) electrons. The predicted octanol–water partition coefficient (Wildman–Crippen LogP) is 3.02. The van der Waals surface area contributed by atoms with Crippen LogP contribution in [0.15, 0.2) is 48.5 Å². The van der Waals surface area contributed by atoms with Gasteiger partial charge < -0.3 is 10.0 Å². The Kier molecular flexibility index (Phi) is 3.95. The summed E-state index contributed by atoms with van der Waals surface area (Å²) in [6, 6.07) is 15.3. The average molecular weight is 349 g/mol. The number of aryl methyl sites for hydroxylation is 1. The number of hydrogen-bond acceptors (Lipinski definition) is 3. The Morgan fingerprint density at radius 3 is 2.58 bits per heavy atom. The number of para-hydroxylation sites is 1. The van der Waals surface area contributed by atoms with Crippen LogP contribution in [0.25, 0.3) is 16.7 Å². The van der Waals surface area contributed by atoms with E-state index in [9.17, 15) is 9.59 Å². The molecule has 1 saturated carbocycles. The van der Waals surface area contributed by atoms with Crippen LogP contribution in [-0.2, 0) is 4.79 Å². The highest BCUT2D eigenvalue weighted by atomic mass is 16.4. The van der Waals surface area contributed by atoms with Crippen LogP contribution in [-0.4, -0.2) is 44.0 Å². The summed E-state index contributed by atoms with van der Waals surface area (Å²) in [5, 5.41) is 9.08. The zero-order valence-electron chi connectivity index (χ0n) is 14.4. The molecule has 1 amide bonds. The third-order valence-corrected chi connectivity index (χ3v) is 4.64. The molecular weight excluding hydrogens is 330 g/mol. The molecule has 0 saturated heterocycles. The van der Waals surface area contributed by atoms with Crippen molar-refractivity contribution in [3.05, 3.63) is 59.9 Å². The first-order chi connectivity index (χ1) is 12.5. The number of carboxylic acid groups (broad SMARTS) is 1. The highest BCUT2D eigenvalue weighted by Gasteiger charge is 2.34. The van der Waals surface area contributed by atoms with Crippen molar-refractivity contribution in [2.24, 2.45) is 0 Å². The van der Waals surface area contributed by atoms with Gasteiger partial charge in [-0.25, -0.2) is 4.98 Å². The van der Waals surface area contributed by atoms with Gasteiger partial charge in [-0.05, 0) is 50.1 Å². The van der Waals surface area contributed by atoms with Crippen LogP contribution < -0.4 is 0 Å². The lowest BCUT2D eigenvalue weighted by atomic mass is 10.1. The third-order valence-electron chi connectivity index (χ3n) is 4.64. The minimum absolute atomic E-state index is 0.0397. The van der Waals surface area contributed by atoms with E-state index in [4.69, 9.17) is 5.11 Å². The number of carbonyl (C=O) groups is 2. The standard InChI is InChI=1S/C20H19N3O3/c1-13-21-17-11-14(20(26)22(12-19(24)25)15-8-9-15)7-10-18(17)23(13)16-5-3-2-4-6-16/h2-7,10-11,15H,8-9,12H2,1H3,(H,24,25). The monoisotopic (exact) mass is 349 g/mol. The molecule has 1 aliphatic carbocycles. The molecule has 0 bridgehead atoms. The summed E-state index contributed by atoms with van der Waals surface area (Å²) in [6.45, 7) is 1.66. The fourth-order valence-corrected chi connectivity index (χ4v) is 3.30. The van der Waals surface area contributed by atoms with E-state index in [2.05, 4.69) is 4.98 Å². The Bertz CT molecular complexity index is 990. The van der Waals surface area contributed by atoms with E-state index in [-0.39, 0.29) is 18.5 Å². The minimum atomic E-state index is -0.990. The largest absolute Gasteiger partial charge is 0.480 e. The van der Waals surface area contributed by atoms with Gasteiger partial charge in [0.1, 0.15) is 12.4 Å². The summed E-state index contributed by atoms with van der Waals surface area (Å²) < 4.78 is 2.04. The van der Waals surface area contributed by atoms with E-state index in [1.54, 1.807) is 12.1 Å². The summed E-state index contributed by atoms with van der Waals surface area (Å²) >= 11 is 0. The van der Waals surface area contributed by atoms with E-state index in [1.807, 2.05) is 47.9 Å². The molecule has 0 atom stereocenters. The Hall–Kier alpha value is -3.15. The summed E-state index contributed by atoms with van der Waals surface area (Å²) in [5.41, 5.74) is 3.13. The molecule has 132 valence electrons. The second-order valence-corrected chi connectivity index (χ2v) is 6.59. The smallest absolute Gasteiger partial charge is 0.323 e. The number of aromatic nitrogens is 2. The maximum atomic E-state index is 12.8. The quantitative estimate of drug-likeness (QED) is 0.768. The second kappa shape index (κ2) is 6.29. The van der Waals surface area contributed by atoms with E-state index < -0.39 is 5.97 Å². The summed E-state index contributed by atoms with van der Waals surface area (Å²) in [5.74, 6) is -0.403. The minimum Gasteiger partial charge on any atom is -0.480 e. The number of carbonyl (C=O) groups excluding carboxylic acids is 1. The van der Waals surface area contributed by atoms with Gasteiger partial charge in [0.05, 0.1) is 11.0 Å². The SMILES string of the molecule is Cc1nc2cc(C(=O)N(CC(=O)O)C3CC3)ccc2n1-c1ccccc1. The first kappa shape index (κ1) is 16.3. The molecule has 0 unspecified atom stereocenters. The molecule has 0 spiro atoms. The normalized spacial score (nSPS) is 13.7. The number of imidazole rings is 1. The third kappa shape index (κ3) is 2.94. The molecule has 6 heteroatoms. The molecule has 4 rings (SSSR count). The lowest BCUT2D eigenvalue weighted by molar-refractivity contribution is -0.137. The molecule has 1 N–H and O–H groups in total. The molecule has 1 heterocycles. The number of amides is 1. The number of fused-ring (bicyclic) bond motifs is 1. The number of carboxylic acids is 1. The van der Waals surface area contributed by atoms with Crippen molar-refractivity contribution >= 4 is 22.9 Å². The van der Waals surface area contributed by atoms with E-state index in [1.165, 1.54) is 4.90 Å². The van der Waals surface area contributed by atoms with Gasteiger partial charge in [0.2, 0.25) is 0 Å². The fraction of sp³-hybridized carbons (Fsp3) is 0.250. The molecular formula is C20H19N3O3. The molecule has 1 aromatic heterocycles. The Labute approximate surface area is 150 Å². The Morgan fingerprint density at radius 2 is 1.92 bits per heavy atom. The maximum absolute atomic E-state index is 12.8. The van der Waals surface area contributed by atoms with Gasteiger partial charge in [-0.1, -0.05) is 18.2 Å². The molecule has 2 aromatic carbocycles. The Morgan fingerprint density at radius 1 is 1.19 bits per heavy atom. The van der Waals surface area contributed by atoms with Crippen LogP contribution >= 0.6 is 0 Å². The van der Waals surface area contributed by atoms with Gasteiger partial charge in [-0.2, -0.15) is 0 Å². The zero-order chi connectivity index (χ0) is 18.3. The Balaban J connectivity index is 1.72. The van der Waals surface area contributed by atoms with Gasteiger partial charge in [0, 0.05) is 17.3 Å². The topological polar surface area (TPSA) is 75.4 Å². The average Bonchev–Trinajstić information content (AvgIpc) is 3.41. The van der Waals surface area contributed by atoms with Crippen LogP contribution in [0.1, 0.15) is 29.0 Å². The van der Waals surface area contributed by atoms with Crippen molar-refractivity contribution in [3.8, 4) is 5.69 Å². The van der Waals surface area contributed by atoms with Crippen LogP contribution in [0.2, 0.25) is 0 Å². The fourth-order valence-electron chi connectivity index (χ4n) is 3.30. The van der Waals surface area contributed by atoms with Crippen LogP contribution in [0, 0.1) is 6.92 Å². The maximum Gasteiger partial charge on any atom is 0.323 e. The lowest BCUT2D eigenvalue weighted by Gasteiger charge is -2.20. The first-order valence-electron chi connectivity index (χ1n) is 8.62. The number of rotatable bonds is 5. The number of benzene rings is 2. The van der Waals surface area contributed by atoms with Crippen molar-refractivity contribution in [2.45, 2.75) is 25.8 Å². The highest BCUT2D eigenvalue weighted by Crippen LogP contribution is 2.29. The van der Waals surface area contributed by atoms with Crippen LogP contribution in [0.4, 0.5) is 0 Å². The van der Waals surface area contributed by atoms with Crippen molar-refractivity contribution in [1.82, 2.24) is 14.5 Å². The summed E-state index contributed by atoms with van der Waals surface area (Å²) in [7, 11) is 0. The van der Waals surface area contributed by atoms with E-state index >= 15 is 0 Å². The van der Waals surface area contributed by atoms with Crippen LogP contribution in [0.3, 0.4) is 0 Å². The van der Waals surface area contributed by atoms with Gasteiger partial charge in [-0.15, -0.1) is 0 Å². The molecule has 6 nitrogen and oxygen atoms in total. The number of hydrogen-bond donors (Lipinski definition) is 1. The molecule has 0 aliphatic heterocycles.